The fourth-order valence-corrected chi connectivity index (χ4v) is 13.1. The van der Waals surface area contributed by atoms with Gasteiger partial charge >= 0.3 is 0 Å². The van der Waals surface area contributed by atoms with E-state index >= 15 is 0 Å². The molecule has 68 heavy (non-hydrogen) atoms. The number of rotatable bonds is 2. The average Bonchev–Trinajstić information content (AvgIpc) is 4.01. The Morgan fingerprint density at radius 2 is 0.706 bits per heavy atom. The van der Waals surface area contributed by atoms with Crippen LogP contribution in [0.15, 0.2) is 235 Å². The van der Waals surface area contributed by atoms with Gasteiger partial charge in [0.2, 0.25) is 0 Å². The van der Waals surface area contributed by atoms with E-state index in [9.17, 15) is 0 Å². The summed E-state index contributed by atoms with van der Waals surface area (Å²) < 4.78 is 6.50. The zero-order chi connectivity index (χ0) is 44.2. The molecule has 14 aromatic rings. The molecule has 1 spiro atoms. The molecule has 1 heterocycles. The summed E-state index contributed by atoms with van der Waals surface area (Å²) in [5.41, 5.74) is 17.0. The smallest absolute Gasteiger partial charge is 0.136 e. The van der Waals surface area contributed by atoms with E-state index in [1.165, 1.54) is 131 Å². The van der Waals surface area contributed by atoms with Crippen LogP contribution in [0.5, 0.6) is 0 Å². The molecule has 13 aromatic carbocycles. The lowest BCUT2D eigenvalue weighted by Gasteiger charge is -2.32. The standard InChI is InChI=1S/C67H38O/c1-3-17-41-37-60-57(34-40(41)16-1)65-48-22-6-5-19-45(48)54-35-43(29-31-53(54)66(65)67(60)58-27-13-11-20-46(58)47-21-12-14-28-59(47)67)63-49-23-7-9-25-51(49)64(52-26-10-8-24-50(52)63)44-30-32-61-55(36-44)56-33-39-15-2-4-18-42(39)38-62(56)68-61/h1-38H. The van der Waals surface area contributed by atoms with E-state index in [-0.39, 0.29) is 0 Å². The van der Waals surface area contributed by atoms with Gasteiger partial charge in [-0.3, -0.25) is 0 Å². The van der Waals surface area contributed by atoms with Gasteiger partial charge < -0.3 is 4.42 Å². The Morgan fingerprint density at radius 3 is 1.32 bits per heavy atom. The molecule has 1 nitrogen and oxygen atoms in total. The molecule has 2 aliphatic carbocycles. The van der Waals surface area contributed by atoms with Crippen molar-refractivity contribution in [3.8, 4) is 44.5 Å². The van der Waals surface area contributed by atoms with Crippen molar-refractivity contribution in [3.63, 3.8) is 0 Å². The second-order valence-corrected chi connectivity index (χ2v) is 19.0. The summed E-state index contributed by atoms with van der Waals surface area (Å²) in [6.07, 6.45) is 0. The summed E-state index contributed by atoms with van der Waals surface area (Å²) in [4.78, 5) is 0. The van der Waals surface area contributed by atoms with Crippen LogP contribution in [0.3, 0.4) is 0 Å². The molecule has 0 bridgehead atoms. The highest BCUT2D eigenvalue weighted by Gasteiger charge is 2.53. The Labute approximate surface area is 391 Å². The maximum Gasteiger partial charge on any atom is 0.136 e. The van der Waals surface area contributed by atoms with Gasteiger partial charge in [-0.2, -0.15) is 0 Å². The first-order valence-corrected chi connectivity index (χ1v) is 23.7. The predicted octanol–water partition coefficient (Wildman–Crippen LogP) is 18.2. The van der Waals surface area contributed by atoms with E-state index in [4.69, 9.17) is 4.42 Å². The lowest BCUT2D eigenvalue weighted by molar-refractivity contribution is 0.669. The van der Waals surface area contributed by atoms with Crippen molar-refractivity contribution in [3.05, 3.63) is 253 Å². The van der Waals surface area contributed by atoms with Crippen molar-refractivity contribution >= 4 is 86.6 Å². The van der Waals surface area contributed by atoms with Gasteiger partial charge in [-0.1, -0.05) is 188 Å². The van der Waals surface area contributed by atoms with Gasteiger partial charge in [-0.15, -0.1) is 0 Å². The third kappa shape index (κ3) is 4.60. The Bertz CT molecular complexity index is 4460. The summed E-state index contributed by atoms with van der Waals surface area (Å²) in [5, 5.41) is 17.3. The molecular formula is C67H38O. The van der Waals surface area contributed by atoms with E-state index in [1.54, 1.807) is 0 Å². The minimum atomic E-state index is -0.499. The molecule has 2 aliphatic rings. The topological polar surface area (TPSA) is 13.1 Å². The maximum absolute atomic E-state index is 6.50. The Kier molecular flexibility index (Phi) is 7.07. The number of hydrogen-bond donors (Lipinski definition) is 0. The summed E-state index contributed by atoms with van der Waals surface area (Å²) in [6.45, 7) is 0. The van der Waals surface area contributed by atoms with Crippen LogP contribution < -0.4 is 0 Å². The molecular weight excluding hydrogens is 821 g/mol. The van der Waals surface area contributed by atoms with Crippen molar-refractivity contribution in [2.45, 2.75) is 5.41 Å². The van der Waals surface area contributed by atoms with Crippen LogP contribution in [0.25, 0.3) is 131 Å². The first kappa shape index (κ1) is 36.4. The Balaban J connectivity index is 0.990. The summed E-state index contributed by atoms with van der Waals surface area (Å²) >= 11 is 0. The van der Waals surface area contributed by atoms with Crippen LogP contribution in [-0.2, 0) is 5.41 Å². The largest absolute Gasteiger partial charge is 0.456 e. The lowest BCUT2D eigenvalue weighted by atomic mass is 9.69. The van der Waals surface area contributed by atoms with Gasteiger partial charge in [0.25, 0.3) is 0 Å². The number of hydrogen-bond acceptors (Lipinski definition) is 1. The minimum Gasteiger partial charge on any atom is -0.456 e. The normalized spacial score (nSPS) is 13.4. The molecule has 0 amide bonds. The van der Waals surface area contributed by atoms with Crippen LogP contribution >= 0.6 is 0 Å². The van der Waals surface area contributed by atoms with Crippen molar-refractivity contribution in [2.75, 3.05) is 0 Å². The molecule has 312 valence electrons. The third-order valence-electron chi connectivity index (χ3n) is 15.8. The predicted molar refractivity (Wildman–Crippen MR) is 286 cm³/mol. The molecule has 0 unspecified atom stereocenters. The fourth-order valence-electron chi connectivity index (χ4n) is 13.1. The molecule has 0 atom stereocenters. The van der Waals surface area contributed by atoms with Crippen LogP contribution in [0.4, 0.5) is 0 Å². The van der Waals surface area contributed by atoms with E-state index in [1.807, 2.05) is 0 Å². The first-order chi connectivity index (χ1) is 33.7. The van der Waals surface area contributed by atoms with Crippen LogP contribution in [0.2, 0.25) is 0 Å². The lowest BCUT2D eigenvalue weighted by Crippen LogP contribution is -2.26. The summed E-state index contributed by atoms with van der Waals surface area (Å²) in [6, 6.07) is 86.6. The van der Waals surface area contributed by atoms with Gasteiger partial charge in [0.15, 0.2) is 0 Å². The quantitative estimate of drug-likeness (QED) is 0.125. The van der Waals surface area contributed by atoms with E-state index in [2.05, 4.69) is 231 Å². The zero-order valence-electron chi connectivity index (χ0n) is 36.8. The average molecular weight is 859 g/mol. The molecule has 1 heteroatoms. The monoisotopic (exact) mass is 858 g/mol. The van der Waals surface area contributed by atoms with Gasteiger partial charge in [0.05, 0.1) is 5.41 Å². The molecule has 0 fully saturated rings. The molecule has 0 radical (unpaired) electrons. The van der Waals surface area contributed by atoms with Crippen LogP contribution in [0, 0.1) is 0 Å². The van der Waals surface area contributed by atoms with Crippen molar-refractivity contribution < 1.29 is 4.42 Å². The SMILES string of the molecule is c1ccc2c(c1)-c1ccccc1C21c2cc3ccccc3cc2-c2c1c1ccc(-c3c4ccccc4c(-c4ccc5oc6cc7ccccc7cc6c5c4)c4ccccc34)cc1c1ccccc21. The molecule has 0 saturated carbocycles. The third-order valence-corrected chi connectivity index (χ3v) is 15.8. The first-order valence-electron chi connectivity index (χ1n) is 23.7. The fraction of sp³-hybridized carbons (Fsp3) is 0.0149. The molecule has 0 aliphatic heterocycles. The molecule has 0 saturated heterocycles. The van der Waals surface area contributed by atoms with Crippen molar-refractivity contribution in [2.24, 2.45) is 0 Å². The van der Waals surface area contributed by atoms with E-state index in [0.29, 0.717) is 0 Å². The highest BCUT2D eigenvalue weighted by molar-refractivity contribution is 6.25. The van der Waals surface area contributed by atoms with Gasteiger partial charge in [0, 0.05) is 10.8 Å². The number of fused-ring (bicyclic) bond motifs is 22. The van der Waals surface area contributed by atoms with Gasteiger partial charge in [-0.05, 0) is 174 Å². The van der Waals surface area contributed by atoms with E-state index in [0.717, 1.165) is 21.9 Å². The number of benzene rings is 13. The molecule has 0 N–H and O–H groups in total. The summed E-state index contributed by atoms with van der Waals surface area (Å²) in [5.74, 6) is 0. The van der Waals surface area contributed by atoms with E-state index < -0.39 is 5.41 Å². The van der Waals surface area contributed by atoms with Crippen LogP contribution in [0.1, 0.15) is 22.3 Å². The second-order valence-electron chi connectivity index (χ2n) is 19.0. The van der Waals surface area contributed by atoms with Crippen LogP contribution in [-0.4, -0.2) is 0 Å². The van der Waals surface area contributed by atoms with Crippen molar-refractivity contribution in [1.82, 2.24) is 0 Å². The van der Waals surface area contributed by atoms with Crippen molar-refractivity contribution in [1.29, 1.82) is 0 Å². The highest BCUT2D eigenvalue weighted by Crippen LogP contribution is 2.66. The highest BCUT2D eigenvalue weighted by atomic mass is 16.3. The minimum absolute atomic E-state index is 0.499. The Hall–Kier alpha value is -8.78. The van der Waals surface area contributed by atoms with Gasteiger partial charge in [0.1, 0.15) is 11.2 Å². The molecule has 1 aromatic heterocycles. The Morgan fingerprint density at radius 1 is 0.250 bits per heavy atom. The second kappa shape index (κ2) is 13.2. The van der Waals surface area contributed by atoms with Gasteiger partial charge in [-0.25, -0.2) is 0 Å². The maximum atomic E-state index is 6.50. The summed E-state index contributed by atoms with van der Waals surface area (Å²) in [7, 11) is 0. The number of furan rings is 1. The molecule has 16 rings (SSSR count). The zero-order valence-corrected chi connectivity index (χ0v) is 36.8.